The zero-order valence-electron chi connectivity index (χ0n) is 12.5. The first-order chi connectivity index (χ1) is 11.1. The van der Waals surface area contributed by atoms with Crippen LogP contribution in [0.4, 0.5) is 0 Å². The highest BCUT2D eigenvalue weighted by Crippen LogP contribution is 2.41. The van der Waals surface area contributed by atoms with Crippen LogP contribution in [0.15, 0.2) is 42.5 Å². The van der Waals surface area contributed by atoms with Crippen LogP contribution in [0, 0.1) is 0 Å². The zero-order chi connectivity index (χ0) is 16.4. The van der Waals surface area contributed by atoms with Crippen LogP contribution in [0.1, 0.15) is 0 Å². The van der Waals surface area contributed by atoms with Gasteiger partial charge in [-0.05, 0) is 35.9 Å². The van der Waals surface area contributed by atoms with E-state index in [-0.39, 0.29) is 0 Å². The summed E-state index contributed by atoms with van der Waals surface area (Å²) in [6, 6.07) is 13.3. The van der Waals surface area contributed by atoms with Crippen molar-refractivity contribution >= 4 is 34.5 Å². The molecule has 0 aliphatic carbocycles. The van der Waals surface area contributed by atoms with Gasteiger partial charge < -0.3 is 9.47 Å². The standard InChI is InChI=1S/C17H13Cl2NO2S/c1-21-13-8-5-11(9-14(13)22-2)15-16(23-17(19)20-15)10-3-6-12(18)7-4-10/h3-9H,1-2H3. The molecule has 118 valence electrons. The summed E-state index contributed by atoms with van der Waals surface area (Å²) in [4.78, 5) is 5.45. The summed E-state index contributed by atoms with van der Waals surface area (Å²) >= 11 is 13.6. The van der Waals surface area contributed by atoms with Gasteiger partial charge in [-0.2, -0.15) is 0 Å². The molecule has 6 heteroatoms. The van der Waals surface area contributed by atoms with Crippen LogP contribution in [0.2, 0.25) is 9.49 Å². The molecule has 3 rings (SSSR count). The largest absolute Gasteiger partial charge is 0.493 e. The topological polar surface area (TPSA) is 31.4 Å². The minimum absolute atomic E-state index is 0.486. The van der Waals surface area contributed by atoms with Crippen molar-refractivity contribution in [1.29, 1.82) is 0 Å². The van der Waals surface area contributed by atoms with Crippen molar-refractivity contribution in [2.24, 2.45) is 0 Å². The molecule has 0 amide bonds. The molecule has 0 aliphatic heterocycles. The molecule has 0 fully saturated rings. The maximum atomic E-state index is 6.15. The van der Waals surface area contributed by atoms with E-state index in [0.717, 1.165) is 21.7 Å². The summed E-state index contributed by atoms with van der Waals surface area (Å²) in [5.74, 6) is 1.32. The Morgan fingerprint density at radius 3 is 2.17 bits per heavy atom. The van der Waals surface area contributed by atoms with Gasteiger partial charge in [-0.15, -0.1) is 11.3 Å². The maximum absolute atomic E-state index is 6.15. The minimum Gasteiger partial charge on any atom is -0.493 e. The number of thiazole rings is 1. The van der Waals surface area contributed by atoms with Gasteiger partial charge in [-0.25, -0.2) is 4.98 Å². The molecule has 3 nitrogen and oxygen atoms in total. The molecule has 0 N–H and O–H groups in total. The van der Waals surface area contributed by atoms with Crippen molar-refractivity contribution in [3.05, 3.63) is 52.0 Å². The van der Waals surface area contributed by atoms with Crippen LogP contribution < -0.4 is 9.47 Å². The number of methoxy groups -OCH3 is 2. The highest BCUT2D eigenvalue weighted by atomic mass is 35.5. The SMILES string of the molecule is COc1ccc(-c2nc(Cl)sc2-c2ccc(Cl)cc2)cc1OC. The monoisotopic (exact) mass is 365 g/mol. The number of aromatic nitrogens is 1. The van der Waals surface area contributed by atoms with Crippen LogP contribution in [-0.4, -0.2) is 19.2 Å². The third-order valence-corrected chi connectivity index (χ3v) is 4.83. The van der Waals surface area contributed by atoms with E-state index in [1.165, 1.54) is 11.3 Å². The fourth-order valence-electron chi connectivity index (χ4n) is 2.27. The van der Waals surface area contributed by atoms with Crippen molar-refractivity contribution in [2.45, 2.75) is 0 Å². The van der Waals surface area contributed by atoms with Crippen LogP contribution in [0.3, 0.4) is 0 Å². The minimum atomic E-state index is 0.486. The Morgan fingerprint density at radius 2 is 1.52 bits per heavy atom. The number of ether oxygens (including phenoxy) is 2. The number of hydrogen-bond donors (Lipinski definition) is 0. The van der Waals surface area contributed by atoms with Gasteiger partial charge in [0.1, 0.15) is 0 Å². The molecular weight excluding hydrogens is 353 g/mol. The number of rotatable bonds is 4. The van der Waals surface area contributed by atoms with Gasteiger partial charge in [0.25, 0.3) is 0 Å². The molecule has 0 aliphatic rings. The molecule has 0 saturated heterocycles. The van der Waals surface area contributed by atoms with Crippen molar-refractivity contribution in [2.75, 3.05) is 14.2 Å². The van der Waals surface area contributed by atoms with Crippen LogP contribution in [-0.2, 0) is 0 Å². The lowest BCUT2D eigenvalue weighted by molar-refractivity contribution is 0.355. The third-order valence-electron chi connectivity index (χ3n) is 3.36. The molecule has 0 atom stereocenters. The van der Waals surface area contributed by atoms with Gasteiger partial charge in [-0.3, -0.25) is 0 Å². The number of benzene rings is 2. The molecule has 0 saturated carbocycles. The van der Waals surface area contributed by atoms with E-state index < -0.39 is 0 Å². The fraction of sp³-hybridized carbons (Fsp3) is 0.118. The molecule has 1 heterocycles. The Morgan fingerprint density at radius 1 is 0.870 bits per heavy atom. The van der Waals surface area contributed by atoms with E-state index in [0.29, 0.717) is 21.0 Å². The first kappa shape index (κ1) is 16.1. The molecule has 2 aromatic carbocycles. The highest BCUT2D eigenvalue weighted by molar-refractivity contribution is 7.19. The van der Waals surface area contributed by atoms with Crippen LogP contribution in [0.5, 0.6) is 11.5 Å². The quantitative estimate of drug-likeness (QED) is 0.585. The second kappa shape index (κ2) is 6.79. The lowest BCUT2D eigenvalue weighted by Crippen LogP contribution is -1.91. The molecule has 0 bridgehead atoms. The molecule has 1 aromatic heterocycles. The molecule has 0 unspecified atom stereocenters. The van der Waals surface area contributed by atoms with Crippen molar-refractivity contribution in [1.82, 2.24) is 4.98 Å². The van der Waals surface area contributed by atoms with Gasteiger partial charge in [0.15, 0.2) is 16.0 Å². The average Bonchev–Trinajstić information content (AvgIpc) is 2.96. The molecule has 0 radical (unpaired) electrons. The van der Waals surface area contributed by atoms with E-state index in [4.69, 9.17) is 32.7 Å². The first-order valence-electron chi connectivity index (χ1n) is 6.77. The second-order valence-electron chi connectivity index (χ2n) is 4.72. The predicted molar refractivity (Wildman–Crippen MR) is 96.1 cm³/mol. The Balaban J connectivity index is 2.12. The molecule has 23 heavy (non-hydrogen) atoms. The highest BCUT2D eigenvalue weighted by Gasteiger charge is 2.16. The van der Waals surface area contributed by atoms with Gasteiger partial charge in [0, 0.05) is 10.6 Å². The van der Waals surface area contributed by atoms with E-state index in [9.17, 15) is 0 Å². The van der Waals surface area contributed by atoms with E-state index in [1.807, 2.05) is 42.5 Å². The number of hydrogen-bond acceptors (Lipinski definition) is 4. The summed E-state index contributed by atoms with van der Waals surface area (Å²) in [6.45, 7) is 0. The zero-order valence-corrected chi connectivity index (χ0v) is 14.8. The van der Waals surface area contributed by atoms with Crippen molar-refractivity contribution < 1.29 is 9.47 Å². The summed E-state index contributed by atoms with van der Waals surface area (Å²) in [7, 11) is 3.21. The lowest BCUT2D eigenvalue weighted by atomic mass is 10.1. The number of nitrogens with zero attached hydrogens (tertiary/aromatic N) is 1. The van der Waals surface area contributed by atoms with E-state index in [1.54, 1.807) is 14.2 Å². The normalized spacial score (nSPS) is 10.6. The van der Waals surface area contributed by atoms with E-state index >= 15 is 0 Å². The van der Waals surface area contributed by atoms with Gasteiger partial charge in [0.2, 0.25) is 0 Å². The van der Waals surface area contributed by atoms with Crippen molar-refractivity contribution in [3.63, 3.8) is 0 Å². The smallest absolute Gasteiger partial charge is 0.184 e. The average molecular weight is 366 g/mol. The van der Waals surface area contributed by atoms with Gasteiger partial charge in [-0.1, -0.05) is 35.3 Å². The Hall–Kier alpha value is -1.75. The summed E-state index contributed by atoms with van der Waals surface area (Å²) in [6.07, 6.45) is 0. The van der Waals surface area contributed by atoms with Gasteiger partial charge >= 0.3 is 0 Å². The molecule has 3 aromatic rings. The van der Waals surface area contributed by atoms with Crippen LogP contribution in [0.25, 0.3) is 21.7 Å². The first-order valence-corrected chi connectivity index (χ1v) is 8.34. The Labute approximate surface area is 148 Å². The predicted octanol–water partition coefficient (Wildman–Crippen LogP) is 5.80. The second-order valence-corrected chi connectivity index (χ2v) is 6.74. The summed E-state index contributed by atoms with van der Waals surface area (Å²) in [5, 5.41) is 0.692. The Bertz CT molecular complexity index is 831. The van der Waals surface area contributed by atoms with E-state index in [2.05, 4.69) is 4.98 Å². The van der Waals surface area contributed by atoms with Crippen molar-refractivity contribution in [3.8, 4) is 33.2 Å². The third kappa shape index (κ3) is 3.29. The number of halogens is 2. The maximum Gasteiger partial charge on any atom is 0.184 e. The fourth-order valence-corrected chi connectivity index (χ4v) is 3.53. The Kier molecular flexibility index (Phi) is 4.76. The summed E-state index contributed by atoms with van der Waals surface area (Å²) < 4.78 is 11.1. The molecular formula is C17H13Cl2NO2S. The van der Waals surface area contributed by atoms with Crippen LogP contribution >= 0.6 is 34.5 Å². The summed E-state index contributed by atoms with van der Waals surface area (Å²) in [5.41, 5.74) is 2.74. The lowest BCUT2D eigenvalue weighted by Gasteiger charge is -2.09. The van der Waals surface area contributed by atoms with Gasteiger partial charge in [0.05, 0.1) is 24.8 Å². The molecule has 0 spiro atoms.